The summed E-state index contributed by atoms with van der Waals surface area (Å²) in [5, 5.41) is 8.84. The van der Waals surface area contributed by atoms with Crippen LogP contribution in [0.2, 0.25) is 0 Å². The van der Waals surface area contributed by atoms with Crippen molar-refractivity contribution in [1.29, 1.82) is 0 Å². The number of hydrogen-bond donors (Lipinski definition) is 2. The van der Waals surface area contributed by atoms with Crippen molar-refractivity contribution in [2.75, 3.05) is 26.2 Å². The molecule has 1 saturated heterocycles. The van der Waals surface area contributed by atoms with Crippen molar-refractivity contribution in [3.63, 3.8) is 0 Å². The molecule has 0 aliphatic carbocycles. The average molecular weight is 440 g/mol. The Hall–Kier alpha value is -3.28. The molecule has 11 heteroatoms. The van der Waals surface area contributed by atoms with Gasteiger partial charge in [0.2, 0.25) is 10.0 Å². The molecule has 0 unspecified atom stereocenters. The third-order valence-corrected chi connectivity index (χ3v) is 7.26. The minimum atomic E-state index is -3.63. The van der Waals surface area contributed by atoms with Crippen molar-refractivity contribution in [1.82, 2.24) is 34.2 Å². The van der Waals surface area contributed by atoms with E-state index in [1.807, 2.05) is 30.3 Å². The first kappa shape index (κ1) is 19.7. The molecule has 0 amide bonds. The molecule has 2 N–H and O–H groups in total. The largest absolute Gasteiger partial charge is 0.323 e. The summed E-state index contributed by atoms with van der Waals surface area (Å²) >= 11 is 0. The van der Waals surface area contributed by atoms with Gasteiger partial charge in [0.25, 0.3) is 0 Å². The second kappa shape index (κ2) is 7.76. The molecule has 0 atom stereocenters. The topological polar surface area (TPSA) is 120 Å². The van der Waals surface area contributed by atoms with Crippen LogP contribution >= 0.6 is 0 Å². The van der Waals surface area contributed by atoms with Gasteiger partial charge in [0.05, 0.1) is 33.5 Å². The molecule has 0 saturated carbocycles. The maximum absolute atomic E-state index is 13.0. The normalized spacial score (nSPS) is 16.1. The number of aromatic amines is 2. The highest BCUT2D eigenvalue weighted by Crippen LogP contribution is 2.21. The summed E-state index contributed by atoms with van der Waals surface area (Å²) in [6, 6.07) is 14.3. The predicted molar refractivity (Wildman–Crippen MR) is 114 cm³/mol. The molecule has 1 aliphatic rings. The van der Waals surface area contributed by atoms with E-state index in [1.165, 1.54) is 16.4 Å². The monoisotopic (exact) mass is 439 g/mol. The second-order valence-corrected chi connectivity index (χ2v) is 9.37. The van der Waals surface area contributed by atoms with E-state index in [0.29, 0.717) is 43.8 Å². The van der Waals surface area contributed by atoms with Gasteiger partial charge in [-0.3, -0.25) is 4.90 Å². The van der Waals surface area contributed by atoms with E-state index < -0.39 is 10.0 Å². The highest BCUT2D eigenvalue weighted by atomic mass is 32.2. The van der Waals surface area contributed by atoms with Gasteiger partial charge >= 0.3 is 5.69 Å². The molecule has 0 bridgehead atoms. The maximum Gasteiger partial charge on any atom is 0.323 e. The van der Waals surface area contributed by atoms with E-state index in [-0.39, 0.29) is 10.6 Å². The van der Waals surface area contributed by atoms with Crippen LogP contribution in [0.15, 0.2) is 64.4 Å². The summed E-state index contributed by atoms with van der Waals surface area (Å²) < 4.78 is 27.6. The first-order valence-corrected chi connectivity index (χ1v) is 11.3. The van der Waals surface area contributed by atoms with Gasteiger partial charge in [0.15, 0.2) is 0 Å². The lowest BCUT2D eigenvalue weighted by molar-refractivity contribution is 0.179. The van der Waals surface area contributed by atoms with Crippen molar-refractivity contribution in [3.8, 4) is 5.69 Å². The summed E-state index contributed by atoms with van der Waals surface area (Å²) in [7, 11) is -3.63. The van der Waals surface area contributed by atoms with Crippen LogP contribution in [0.3, 0.4) is 0 Å². The Morgan fingerprint density at radius 2 is 1.68 bits per heavy atom. The minimum Gasteiger partial charge on any atom is -0.306 e. The highest BCUT2D eigenvalue weighted by Gasteiger charge is 2.29. The summed E-state index contributed by atoms with van der Waals surface area (Å²) in [6.07, 6.45) is 1.74. The Morgan fingerprint density at radius 3 is 2.45 bits per heavy atom. The van der Waals surface area contributed by atoms with Gasteiger partial charge in [-0.15, -0.1) is 0 Å². The molecule has 31 heavy (non-hydrogen) atoms. The Morgan fingerprint density at radius 1 is 0.935 bits per heavy atom. The number of imidazole rings is 1. The molecule has 160 valence electrons. The van der Waals surface area contributed by atoms with Crippen LogP contribution in [0, 0.1) is 0 Å². The number of H-pyrrole nitrogens is 2. The Kier molecular flexibility index (Phi) is 4.93. The zero-order valence-electron chi connectivity index (χ0n) is 16.6. The highest BCUT2D eigenvalue weighted by molar-refractivity contribution is 7.89. The lowest BCUT2D eigenvalue weighted by Gasteiger charge is -2.33. The molecule has 1 fully saturated rings. The number of rotatable bonds is 5. The van der Waals surface area contributed by atoms with Crippen molar-refractivity contribution in [2.45, 2.75) is 11.4 Å². The molecule has 0 spiro atoms. The number of aromatic nitrogens is 5. The quantitative estimate of drug-likeness (QED) is 0.478. The number of nitrogens with one attached hydrogen (secondary N) is 2. The SMILES string of the molecule is O=c1[nH]c2ccc(S(=O)(=O)N3CCN(Cc4cnn(-c5ccccc5)n4)CC3)cc2[nH]1. The van der Waals surface area contributed by atoms with Crippen molar-refractivity contribution in [2.24, 2.45) is 0 Å². The maximum atomic E-state index is 13.0. The van der Waals surface area contributed by atoms with Crippen LogP contribution < -0.4 is 5.69 Å². The third kappa shape index (κ3) is 3.90. The van der Waals surface area contributed by atoms with Gasteiger partial charge in [-0.2, -0.15) is 19.3 Å². The first-order valence-electron chi connectivity index (χ1n) is 9.90. The van der Waals surface area contributed by atoms with Gasteiger partial charge in [-0.05, 0) is 30.3 Å². The van der Waals surface area contributed by atoms with E-state index in [4.69, 9.17) is 0 Å². The zero-order chi connectivity index (χ0) is 21.4. The van der Waals surface area contributed by atoms with Gasteiger partial charge in [0.1, 0.15) is 0 Å². The third-order valence-electron chi connectivity index (χ3n) is 5.37. The number of fused-ring (bicyclic) bond motifs is 1. The number of hydrogen-bond acceptors (Lipinski definition) is 6. The molecular weight excluding hydrogens is 418 g/mol. The van der Waals surface area contributed by atoms with Gasteiger partial charge in [-0.1, -0.05) is 18.2 Å². The fourth-order valence-electron chi connectivity index (χ4n) is 3.73. The Bertz CT molecular complexity index is 1370. The van der Waals surface area contributed by atoms with Crippen LogP contribution in [-0.4, -0.2) is 68.8 Å². The van der Waals surface area contributed by atoms with Gasteiger partial charge < -0.3 is 9.97 Å². The molecule has 5 rings (SSSR count). The summed E-state index contributed by atoms with van der Waals surface area (Å²) in [4.78, 5) is 20.6. The molecule has 4 aromatic rings. The van der Waals surface area contributed by atoms with Crippen molar-refractivity contribution < 1.29 is 8.42 Å². The molecule has 3 heterocycles. The molecule has 2 aromatic heterocycles. The van der Waals surface area contributed by atoms with E-state index >= 15 is 0 Å². The summed E-state index contributed by atoms with van der Waals surface area (Å²) in [6.45, 7) is 2.58. The van der Waals surface area contributed by atoms with Crippen LogP contribution in [0.1, 0.15) is 5.69 Å². The number of para-hydroxylation sites is 1. The van der Waals surface area contributed by atoms with Crippen LogP contribution in [0.4, 0.5) is 0 Å². The Balaban J connectivity index is 1.24. The van der Waals surface area contributed by atoms with Crippen LogP contribution in [0.5, 0.6) is 0 Å². The molecule has 0 radical (unpaired) electrons. The number of nitrogens with zero attached hydrogens (tertiary/aromatic N) is 5. The van der Waals surface area contributed by atoms with Crippen molar-refractivity contribution >= 4 is 21.1 Å². The lowest BCUT2D eigenvalue weighted by atomic mass is 10.3. The Labute approximate surface area is 178 Å². The number of sulfonamides is 1. The average Bonchev–Trinajstić information content (AvgIpc) is 3.39. The number of benzene rings is 2. The first-order chi connectivity index (χ1) is 15.0. The zero-order valence-corrected chi connectivity index (χ0v) is 17.4. The van der Waals surface area contributed by atoms with Crippen molar-refractivity contribution in [3.05, 3.63) is 70.9 Å². The van der Waals surface area contributed by atoms with Crippen LogP contribution in [-0.2, 0) is 16.6 Å². The molecule has 1 aliphatic heterocycles. The van der Waals surface area contributed by atoms with E-state index in [1.54, 1.807) is 17.1 Å². The molecule has 10 nitrogen and oxygen atoms in total. The molecule has 2 aromatic carbocycles. The fraction of sp³-hybridized carbons (Fsp3) is 0.250. The second-order valence-electron chi connectivity index (χ2n) is 7.43. The summed E-state index contributed by atoms with van der Waals surface area (Å²) in [5.41, 5.74) is 2.43. The van der Waals surface area contributed by atoms with E-state index in [0.717, 1.165) is 11.4 Å². The van der Waals surface area contributed by atoms with E-state index in [9.17, 15) is 13.2 Å². The van der Waals surface area contributed by atoms with Crippen LogP contribution in [0.25, 0.3) is 16.7 Å². The molecular formula is C20H21N7O3S. The van der Waals surface area contributed by atoms with Gasteiger partial charge in [-0.25, -0.2) is 13.2 Å². The number of piperazine rings is 1. The van der Waals surface area contributed by atoms with E-state index in [2.05, 4.69) is 25.1 Å². The predicted octanol–water partition coefficient (Wildman–Crippen LogP) is 0.943. The van der Waals surface area contributed by atoms with Gasteiger partial charge in [0, 0.05) is 32.7 Å². The standard InChI is InChI=1S/C20H21N7O3S/c28-20-22-18-7-6-17(12-19(18)23-20)31(29,30)26-10-8-25(9-11-26)14-15-13-21-27(24-15)16-4-2-1-3-5-16/h1-7,12-13H,8-11,14H2,(H2,22,23,28). The fourth-order valence-corrected chi connectivity index (χ4v) is 5.18. The lowest BCUT2D eigenvalue weighted by Crippen LogP contribution is -2.48. The summed E-state index contributed by atoms with van der Waals surface area (Å²) in [5.74, 6) is 0. The minimum absolute atomic E-state index is 0.175. The smallest absolute Gasteiger partial charge is 0.306 e.